The second kappa shape index (κ2) is 6.60. The molecule has 0 spiro atoms. The fraction of sp³-hybridized carbons (Fsp3) is 0.625. The van der Waals surface area contributed by atoms with E-state index in [0.717, 1.165) is 30.6 Å². The van der Waals surface area contributed by atoms with Crippen molar-refractivity contribution in [2.45, 2.75) is 39.0 Å². The van der Waals surface area contributed by atoms with Gasteiger partial charge in [-0.3, -0.25) is 0 Å². The second-order valence-corrected chi connectivity index (χ2v) is 6.06. The highest BCUT2D eigenvalue weighted by Gasteiger charge is 2.21. The summed E-state index contributed by atoms with van der Waals surface area (Å²) in [5, 5.41) is 0. The Bertz CT molecular complexity index is 419. The first-order valence-electron chi connectivity index (χ1n) is 7.21. The van der Waals surface area contributed by atoms with E-state index in [4.69, 9.17) is 11.6 Å². The van der Waals surface area contributed by atoms with Crippen molar-refractivity contribution in [3.8, 4) is 0 Å². The van der Waals surface area contributed by atoms with E-state index in [0.29, 0.717) is 5.56 Å². The summed E-state index contributed by atoms with van der Waals surface area (Å²) < 4.78 is 13.8. The molecular weight excluding hydrogens is 261 g/mol. The molecule has 0 aromatic heterocycles. The maximum Gasteiger partial charge on any atom is 0.129 e. The van der Waals surface area contributed by atoms with Gasteiger partial charge in [0, 0.05) is 24.3 Å². The second-order valence-electron chi connectivity index (χ2n) is 5.79. The van der Waals surface area contributed by atoms with Gasteiger partial charge in [-0.1, -0.05) is 19.9 Å². The standard InChI is InChI=1S/C16H23ClFN/c1-12(2)13-5-4-9-19(10-8-13)16-7-3-6-15(18)14(16)11-17/h3,6-7,12-13H,4-5,8-11H2,1-2H3. The third kappa shape index (κ3) is 3.42. The summed E-state index contributed by atoms with van der Waals surface area (Å²) in [5.41, 5.74) is 1.63. The Labute approximate surface area is 120 Å². The van der Waals surface area contributed by atoms with Crippen LogP contribution in [-0.4, -0.2) is 13.1 Å². The molecule has 1 aliphatic rings. The van der Waals surface area contributed by atoms with Gasteiger partial charge < -0.3 is 4.90 Å². The molecule has 1 unspecified atom stereocenters. The minimum Gasteiger partial charge on any atom is -0.371 e. The van der Waals surface area contributed by atoms with Gasteiger partial charge in [0.1, 0.15) is 5.82 Å². The lowest BCUT2D eigenvalue weighted by Gasteiger charge is -2.25. The smallest absolute Gasteiger partial charge is 0.129 e. The number of benzene rings is 1. The molecule has 106 valence electrons. The van der Waals surface area contributed by atoms with E-state index in [1.54, 1.807) is 6.07 Å². The molecule has 0 N–H and O–H groups in total. The van der Waals surface area contributed by atoms with Crippen molar-refractivity contribution >= 4 is 17.3 Å². The van der Waals surface area contributed by atoms with Gasteiger partial charge in [0.25, 0.3) is 0 Å². The van der Waals surface area contributed by atoms with Crippen LogP contribution in [0.5, 0.6) is 0 Å². The quantitative estimate of drug-likeness (QED) is 0.719. The summed E-state index contributed by atoms with van der Waals surface area (Å²) in [4.78, 5) is 2.31. The normalized spacial score (nSPS) is 20.7. The van der Waals surface area contributed by atoms with E-state index in [1.165, 1.54) is 25.3 Å². The van der Waals surface area contributed by atoms with Crippen LogP contribution in [0.3, 0.4) is 0 Å². The SMILES string of the molecule is CC(C)C1CCCN(c2cccc(F)c2CCl)CC1. The van der Waals surface area contributed by atoms with Crippen LogP contribution in [0.15, 0.2) is 18.2 Å². The first-order valence-corrected chi connectivity index (χ1v) is 7.75. The van der Waals surface area contributed by atoms with E-state index < -0.39 is 0 Å². The van der Waals surface area contributed by atoms with Crippen molar-refractivity contribution in [2.75, 3.05) is 18.0 Å². The maximum absolute atomic E-state index is 13.8. The average molecular weight is 284 g/mol. The number of hydrogen-bond acceptors (Lipinski definition) is 1. The zero-order chi connectivity index (χ0) is 13.8. The van der Waals surface area contributed by atoms with Gasteiger partial charge in [0.15, 0.2) is 0 Å². The molecule has 0 saturated carbocycles. The van der Waals surface area contributed by atoms with E-state index in [1.807, 2.05) is 6.07 Å². The Balaban J connectivity index is 2.16. The summed E-state index contributed by atoms with van der Waals surface area (Å²) in [6, 6.07) is 5.28. The first kappa shape index (κ1) is 14.6. The molecule has 1 nitrogen and oxygen atoms in total. The predicted octanol–water partition coefficient (Wildman–Crippen LogP) is 4.83. The molecule has 1 fully saturated rings. The zero-order valence-corrected chi connectivity index (χ0v) is 12.6. The number of rotatable bonds is 3. The summed E-state index contributed by atoms with van der Waals surface area (Å²) in [7, 11) is 0. The molecule has 1 aromatic carbocycles. The van der Waals surface area contributed by atoms with Crippen LogP contribution in [0.25, 0.3) is 0 Å². The third-order valence-corrected chi connectivity index (χ3v) is 4.55. The molecule has 0 bridgehead atoms. The summed E-state index contributed by atoms with van der Waals surface area (Å²) in [5.74, 6) is 1.58. The van der Waals surface area contributed by atoms with Gasteiger partial charge in [-0.15, -0.1) is 11.6 Å². The topological polar surface area (TPSA) is 3.24 Å². The molecule has 1 atom stereocenters. The van der Waals surface area contributed by atoms with Crippen LogP contribution >= 0.6 is 11.6 Å². The summed E-state index contributed by atoms with van der Waals surface area (Å²) in [6.45, 7) is 6.62. The number of halogens is 2. The third-order valence-electron chi connectivity index (χ3n) is 4.28. The van der Waals surface area contributed by atoms with Crippen LogP contribution in [0.1, 0.15) is 38.7 Å². The van der Waals surface area contributed by atoms with Crippen molar-refractivity contribution in [3.63, 3.8) is 0 Å². The fourth-order valence-corrected chi connectivity index (χ4v) is 3.27. The van der Waals surface area contributed by atoms with Gasteiger partial charge in [-0.25, -0.2) is 4.39 Å². The Hall–Kier alpha value is -0.760. The molecule has 1 heterocycles. The van der Waals surface area contributed by atoms with Gasteiger partial charge in [-0.05, 0) is 43.2 Å². The van der Waals surface area contributed by atoms with Crippen LogP contribution in [0.2, 0.25) is 0 Å². The average Bonchev–Trinajstić information content (AvgIpc) is 2.64. The number of anilines is 1. The van der Waals surface area contributed by atoms with Gasteiger partial charge in [-0.2, -0.15) is 0 Å². The first-order chi connectivity index (χ1) is 9.13. The summed E-state index contributed by atoms with van der Waals surface area (Å²) in [6.07, 6.45) is 3.65. The van der Waals surface area contributed by atoms with E-state index in [2.05, 4.69) is 18.7 Å². The Morgan fingerprint density at radius 1 is 1.32 bits per heavy atom. The highest BCUT2D eigenvalue weighted by Crippen LogP contribution is 2.30. The molecule has 1 saturated heterocycles. The lowest BCUT2D eigenvalue weighted by molar-refractivity contribution is 0.351. The van der Waals surface area contributed by atoms with E-state index in [9.17, 15) is 4.39 Å². The minimum absolute atomic E-state index is 0.183. The molecule has 2 rings (SSSR count). The molecule has 1 aliphatic heterocycles. The molecule has 0 amide bonds. The van der Waals surface area contributed by atoms with Crippen molar-refractivity contribution in [1.29, 1.82) is 0 Å². The van der Waals surface area contributed by atoms with Crippen LogP contribution in [0, 0.1) is 17.7 Å². The largest absolute Gasteiger partial charge is 0.371 e. The van der Waals surface area contributed by atoms with Crippen molar-refractivity contribution in [2.24, 2.45) is 11.8 Å². The highest BCUT2D eigenvalue weighted by molar-refractivity contribution is 6.17. The zero-order valence-electron chi connectivity index (χ0n) is 11.8. The van der Waals surface area contributed by atoms with Gasteiger partial charge >= 0.3 is 0 Å². The lowest BCUT2D eigenvalue weighted by atomic mass is 9.89. The molecule has 0 radical (unpaired) electrons. The van der Waals surface area contributed by atoms with Crippen molar-refractivity contribution < 1.29 is 4.39 Å². The Morgan fingerprint density at radius 3 is 2.79 bits per heavy atom. The summed E-state index contributed by atoms with van der Waals surface area (Å²) >= 11 is 5.91. The molecule has 1 aromatic rings. The molecular formula is C16H23ClFN. The van der Waals surface area contributed by atoms with Gasteiger partial charge in [0.05, 0.1) is 5.88 Å². The fourth-order valence-electron chi connectivity index (χ4n) is 3.01. The minimum atomic E-state index is -0.183. The van der Waals surface area contributed by atoms with Crippen molar-refractivity contribution in [1.82, 2.24) is 0 Å². The predicted molar refractivity (Wildman–Crippen MR) is 80.3 cm³/mol. The number of hydrogen-bond donors (Lipinski definition) is 0. The van der Waals surface area contributed by atoms with Crippen LogP contribution in [0.4, 0.5) is 10.1 Å². The monoisotopic (exact) mass is 283 g/mol. The molecule has 19 heavy (non-hydrogen) atoms. The molecule has 0 aliphatic carbocycles. The van der Waals surface area contributed by atoms with Crippen molar-refractivity contribution in [3.05, 3.63) is 29.6 Å². The van der Waals surface area contributed by atoms with Crippen LogP contribution in [-0.2, 0) is 5.88 Å². The number of nitrogens with zero attached hydrogens (tertiary/aromatic N) is 1. The Kier molecular flexibility index (Phi) is 5.09. The Morgan fingerprint density at radius 2 is 2.11 bits per heavy atom. The van der Waals surface area contributed by atoms with E-state index >= 15 is 0 Å². The van der Waals surface area contributed by atoms with Gasteiger partial charge in [0.2, 0.25) is 0 Å². The lowest BCUT2D eigenvalue weighted by Crippen LogP contribution is -2.25. The van der Waals surface area contributed by atoms with Crippen LogP contribution < -0.4 is 4.90 Å². The number of alkyl halides is 1. The highest BCUT2D eigenvalue weighted by atomic mass is 35.5. The van der Waals surface area contributed by atoms with E-state index in [-0.39, 0.29) is 11.7 Å². The maximum atomic E-state index is 13.8. The molecule has 3 heteroatoms.